The number of aromatic nitrogens is 1. The summed E-state index contributed by atoms with van der Waals surface area (Å²) < 4.78 is 12.4. The average Bonchev–Trinajstić information content (AvgIpc) is 3.26. The molecule has 3 heterocycles. The fourth-order valence-corrected chi connectivity index (χ4v) is 3.32. The molecule has 142 valence electrons. The molecule has 1 fully saturated rings. The van der Waals surface area contributed by atoms with Gasteiger partial charge in [-0.1, -0.05) is 19.3 Å². The molecule has 0 radical (unpaired) electrons. The number of ether oxygens (including phenoxy) is 1. The number of amides is 1. The second-order valence-corrected chi connectivity index (χ2v) is 6.64. The van der Waals surface area contributed by atoms with Gasteiger partial charge in [0.25, 0.3) is 5.91 Å². The number of furan rings is 1. The van der Waals surface area contributed by atoms with Gasteiger partial charge in [0.15, 0.2) is 6.61 Å². The Morgan fingerprint density at radius 3 is 2.41 bits per heavy atom. The van der Waals surface area contributed by atoms with Crippen LogP contribution in [0.5, 0.6) is 0 Å². The Morgan fingerprint density at radius 2 is 1.78 bits per heavy atom. The quantitative estimate of drug-likeness (QED) is 0.772. The summed E-state index contributed by atoms with van der Waals surface area (Å²) in [5, 5.41) is 9.49. The zero-order chi connectivity index (χ0) is 19.2. The van der Waals surface area contributed by atoms with Gasteiger partial charge in [-0.3, -0.25) is 9.36 Å². The monoisotopic (exact) mass is 369 g/mol. The molecule has 3 rings (SSSR count). The predicted octanol–water partition coefficient (Wildman–Crippen LogP) is 3.20. The van der Waals surface area contributed by atoms with Gasteiger partial charge >= 0.3 is 5.97 Å². The van der Waals surface area contributed by atoms with Crippen LogP contribution in [0.3, 0.4) is 0 Å². The van der Waals surface area contributed by atoms with Crippen molar-refractivity contribution in [1.82, 2.24) is 9.47 Å². The molecule has 0 atom stereocenters. The third-order valence-electron chi connectivity index (χ3n) is 4.76. The minimum absolute atomic E-state index is 0.0710. The first-order valence-corrected chi connectivity index (χ1v) is 9.23. The Balaban J connectivity index is 1.69. The number of nitriles is 1. The number of carbonyl (C=O) groups excluding carboxylic acids is 2. The molecule has 0 N–H and O–H groups in total. The molecular formula is C20H23N3O4. The van der Waals surface area contributed by atoms with Gasteiger partial charge in [-0.2, -0.15) is 5.26 Å². The second kappa shape index (κ2) is 8.58. The van der Waals surface area contributed by atoms with Crippen molar-refractivity contribution >= 4 is 11.9 Å². The fourth-order valence-electron chi connectivity index (χ4n) is 3.32. The van der Waals surface area contributed by atoms with E-state index < -0.39 is 5.97 Å². The largest absolute Gasteiger partial charge is 0.452 e. The van der Waals surface area contributed by atoms with Gasteiger partial charge in [0, 0.05) is 25.5 Å². The van der Waals surface area contributed by atoms with Crippen molar-refractivity contribution in [1.29, 1.82) is 5.26 Å². The second-order valence-electron chi connectivity index (χ2n) is 6.64. The summed E-state index contributed by atoms with van der Waals surface area (Å²) in [5.41, 5.74) is 0.175. The van der Waals surface area contributed by atoms with E-state index in [2.05, 4.69) is 0 Å². The van der Waals surface area contributed by atoms with Crippen LogP contribution >= 0.6 is 0 Å². The smallest absolute Gasteiger partial charge is 0.343 e. The van der Waals surface area contributed by atoms with E-state index in [1.54, 1.807) is 40.9 Å². The lowest BCUT2D eigenvalue weighted by molar-refractivity contribution is -0.134. The molecule has 0 bridgehead atoms. The van der Waals surface area contributed by atoms with E-state index in [4.69, 9.17) is 9.15 Å². The Morgan fingerprint density at radius 1 is 1.15 bits per heavy atom. The maximum atomic E-state index is 12.5. The van der Waals surface area contributed by atoms with Crippen LogP contribution in [0.2, 0.25) is 0 Å². The van der Waals surface area contributed by atoms with Crippen LogP contribution in [0.25, 0.3) is 5.88 Å². The van der Waals surface area contributed by atoms with Gasteiger partial charge in [0.05, 0.1) is 0 Å². The van der Waals surface area contributed by atoms with E-state index in [0.29, 0.717) is 18.8 Å². The van der Waals surface area contributed by atoms with Crippen molar-refractivity contribution < 1.29 is 18.7 Å². The SMILES string of the molecule is Cc1oc(-n2cccc2)c(C#N)c1C(=O)OCC(=O)N1CCCCCCC1. The molecule has 1 saturated heterocycles. The maximum absolute atomic E-state index is 12.5. The van der Waals surface area contributed by atoms with E-state index >= 15 is 0 Å². The molecule has 2 aromatic rings. The van der Waals surface area contributed by atoms with E-state index in [-0.39, 0.29) is 29.5 Å². The molecule has 27 heavy (non-hydrogen) atoms. The zero-order valence-corrected chi connectivity index (χ0v) is 15.4. The maximum Gasteiger partial charge on any atom is 0.343 e. The van der Waals surface area contributed by atoms with Gasteiger partial charge in [-0.25, -0.2) is 4.79 Å². The van der Waals surface area contributed by atoms with E-state index in [9.17, 15) is 14.9 Å². The molecule has 2 aromatic heterocycles. The lowest BCUT2D eigenvalue weighted by atomic mass is 10.1. The summed E-state index contributed by atoms with van der Waals surface area (Å²) in [6.45, 7) is 2.67. The summed E-state index contributed by atoms with van der Waals surface area (Å²) in [4.78, 5) is 26.7. The van der Waals surface area contributed by atoms with Crippen molar-refractivity contribution in [2.24, 2.45) is 0 Å². The van der Waals surface area contributed by atoms with Crippen LogP contribution in [0, 0.1) is 18.3 Å². The van der Waals surface area contributed by atoms with Crippen molar-refractivity contribution in [3.8, 4) is 12.0 Å². The molecule has 0 unspecified atom stereocenters. The first-order chi connectivity index (χ1) is 13.1. The first-order valence-electron chi connectivity index (χ1n) is 9.23. The van der Waals surface area contributed by atoms with E-state index in [1.165, 1.54) is 6.42 Å². The van der Waals surface area contributed by atoms with Crippen LogP contribution in [0.15, 0.2) is 28.9 Å². The Bertz CT molecular complexity index is 837. The Labute approximate surface area is 158 Å². The number of rotatable bonds is 4. The van der Waals surface area contributed by atoms with Crippen LogP contribution in [-0.2, 0) is 9.53 Å². The number of likely N-dealkylation sites (tertiary alicyclic amines) is 1. The van der Waals surface area contributed by atoms with Crippen molar-refractivity contribution in [2.45, 2.75) is 39.0 Å². The topological polar surface area (TPSA) is 88.5 Å². The van der Waals surface area contributed by atoms with Gasteiger partial charge in [-0.05, 0) is 31.9 Å². The minimum atomic E-state index is -0.716. The van der Waals surface area contributed by atoms with Crippen molar-refractivity contribution in [3.63, 3.8) is 0 Å². The predicted molar refractivity (Wildman–Crippen MR) is 97.4 cm³/mol. The van der Waals surface area contributed by atoms with Gasteiger partial charge < -0.3 is 14.1 Å². The van der Waals surface area contributed by atoms with Gasteiger partial charge in [0.2, 0.25) is 5.88 Å². The molecule has 1 aliphatic heterocycles. The van der Waals surface area contributed by atoms with E-state index in [0.717, 1.165) is 25.7 Å². The number of hydrogen-bond acceptors (Lipinski definition) is 5. The molecule has 0 saturated carbocycles. The van der Waals surface area contributed by atoms with Crippen LogP contribution < -0.4 is 0 Å². The molecule has 1 aliphatic rings. The van der Waals surface area contributed by atoms with Crippen LogP contribution in [0.4, 0.5) is 0 Å². The molecule has 0 aliphatic carbocycles. The highest BCUT2D eigenvalue weighted by atomic mass is 16.5. The molecule has 0 spiro atoms. The highest BCUT2D eigenvalue weighted by Gasteiger charge is 2.27. The highest BCUT2D eigenvalue weighted by Crippen LogP contribution is 2.26. The average molecular weight is 369 g/mol. The number of hydrogen-bond donors (Lipinski definition) is 0. The third-order valence-corrected chi connectivity index (χ3v) is 4.76. The highest BCUT2D eigenvalue weighted by molar-refractivity contribution is 5.95. The van der Waals surface area contributed by atoms with Gasteiger partial charge in [0.1, 0.15) is 23.0 Å². The summed E-state index contributed by atoms with van der Waals surface area (Å²) in [6.07, 6.45) is 8.83. The van der Waals surface area contributed by atoms with Crippen LogP contribution in [0.1, 0.15) is 53.8 Å². The Kier molecular flexibility index (Phi) is 5.97. The Hall–Kier alpha value is -3.01. The summed E-state index contributed by atoms with van der Waals surface area (Å²) in [6, 6.07) is 5.59. The lowest BCUT2D eigenvalue weighted by Crippen LogP contribution is -2.37. The summed E-state index contributed by atoms with van der Waals surface area (Å²) in [7, 11) is 0. The number of esters is 1. The first kappa shape index (κ1) is 18.8. The summed E-state index contributed by atoms with van der Waals surface area (Å²) in [5.74, 6) is -0.358. The minimum Gasteiger partial charge on any atom is -0.452 e. The molecular weight excluding hydrogens is 346 g/mol. The fraction of sp³-hybridized carbons (Fsp3) is 0.450. The summed E-state index contributed by atoms with van der Waals surface area (Å²) >= 11 is 0. The number of carbonyl (C=O) groups is 2. The number of aryl methyl sites for hydroxylation is 1. The number of nitrogens with zero attached hydrogens (tertiary/aromatic N) is 3. The standard InChI is InChI=1S/C20H23N3O4/c1-15-18(16(13-21)19(27-15)23-11-7-8-12-23)20(25)26-14-17(24)22-9-5-3-2-4-6-10-22/h7-8,11-12H,2-6,9-10,14H2,1H3. The van der Waals surface area contributed by atoms with Crippen molar-refractivity contribution in [3.05, 3.63) is 41.4 Å². The third kappa shape index (κ3) is 4.22. The lowest BCUT2D eigenvalue weighted by Gasteiger charge is -2.24. The van der Waals surface area contributed by atoms with Crippen LogP contribution in [-0.4, -0.2) is 41.0 Å². The molecule has 7 nitrogen and oxygen atoms in total. The normalized spacial score (nSPS) is 14.9. The van der Waals surface area contributed by atoms with E-state index in [1.807, 2.05) is 6.07 Å². The molecule has 1 amide bonds. The van der Waals surface area contributed by atoms with Crippen molar-refractivity contribution in [2.75, 3.05) is 19.7 Å². The zero-order valence-electron chi connectivity index (χ0n) is 15.4. The molecule has 7 heteroatoms. The molecule has 0 aromatic carbocycles. The van der Waals surface area contributed by atoms with Gasteiger partial charge in [-0.15, -0.1) is 0 Å².